The van der Waals surface area contributed by atoms with Gasteiger partial charge < -0.3 is 10.5 Å². The van der Waals surface area contributed by atoms with Crippen LogP contribution in [0, 0.1) is 6.92 Å². The molecule has 0 atom stereocenters. The van der Waals surface area contributed by atoms with Gasteiger partial charge in [-0.1, -0.05) is 11.6 Å². The van der Waals surface area contributed by atoms with Gasteiger partial charge in [0.1, 0.15) is 12.4 Å². The lowest BCUT2D eigenvalue weighted by Crippen LogP contribution is -2.08. The molecule has 0 saturated heterocycles. The zero-order chi connectivity index (χ0) is 12.3. The molecule has 90 valence electrons. The summed E-state index contributed by atoms with van der Waals surface area (Å²) in [6.07, 6.45) is 3.39. The Balaban J connectivity index is 1.87. The van der Waals surface area contributed by atoms with Gasteiger partial charge in [-0.2, -0.15) is 5.10 Å². The van der Waals surface area contributed by atoms with Crippen molar-refractivity contribution >= 4 is 17.3 Å². The summed E-state index contributed by atoms with van der Waals surface area (Å²) in [6, 6.07) is 5.60. The fourth-order valence-electron chi connectivity index (χ4n) is 1.47. The van der Waals surface area contributed by atoms with E-state index >= 15 is 0 Å². The minimum Gasteiger partial charge on any atom is -0.492 e. The molecule has 0 bridgehead atoms. The van der Waals surface area contributed by atoms with Crippen molar-refractivity contribution in [1.29, 1.82) is 0 Å². The molecule has 2 N–H and O–H groups in total. The lowest BCUT2D eigenvalue weighted by molar-refractivity contribution is 0.291. The molecular formula is C12H14ClN3O. The summed E-state index contributed by atoms with van der Waals surface area (Å²) in [5.41, 5.74) is 7.23. The normalized spacial score (nSPS) is 10.5. The van der Waals surface area contributed by atoms with Gasteiger partial charge in [-0.25, -0.2) is 0 Å². The summed E-state index contributed by atoms with van der Waals surface area (Å²) in [4.78, 5) is 0. The van der Waals surface area contributed by atoms with Crippen LogP contribution in [0.2, 0.25) is 5.02 Å². The second-order valence-corrected chi connectivity index (χ2v) is 4.20. The van der Waals surface area contributed by atoms with E-state index < -0.39 is 0 Å². The summed E-state index contributed by atoms with van der Waals surface area (Å²) in [5.74, 6) is 0.812. The molecule has 5 heteroatoms. The third-order valence-corrected chi connectivity index (χ3v) is 2.80. The number of anilines is 1. The second kappa shape index (κ2) is 5.10. The summed E-state index contributed by atoms with van der Waals surface area (Å²) in [6.45, 7) is 3.16. The molecule has 1 heterocycles. The average molecular weight is 252 g/mol. The van der Waals surface area contributed by atoms with Gasteiger partial charge >= 0.3 is 0 Å². The molecule has 2 aromatic rings. The van der Waals surface area contributed by atoms with Gasteiger partial charge in [-0.3, -0.25) is 4.68 Å². The van der Waals surface area contributed by atoms with Crippen molar-refractivity contribution in [3.05, 3.63) is 41.2 Å². The Hall–Kier alpha value is -1.68. The number of halogens is 1. The van der Waals surface area contributed by atoms with Gasteiger partial charge in [-0.15, -0.1) is 0 Å². The van der Waals surface area contributed by atoms with E-state index in [-0.39, 0.29) is 0 Å². The summed E-state index contributed by atoms with van der Waals surface area (Å²) in [7, 11) is 0. The van der Waals surface area contributed by atoms with Crippen LogP contribution in [0.15, 0.2) is 30.6 Å². The van der Waals surface area contributed by atoms with Gasteiger partial charge in [0.15, 0.2) is 0 Å². The first-order valence-electron chi connectivity index (χ1n) is 5.32. The third kappa shape index (κ3) is 3.14. The van der Waals surface area contributed by atoms with E-state index in [0.29, 0.717) is 18.8 Å². The van der Waals surface area contributed by atoms with Crippen molar-refractivity contribution in [2.24, 2.45) is 0 Å². The molecule has 0 aliphatic rings. The highest BCUT2D eigenvalue weighted by molar-refractivity contribution is 6.31. The highest BCUT2D eigenvalue weighted by atomic mass is 35.5. The Kier molecular flexibility index (Phi) is 3.54. The second-order valence-electron chi connectivity index (χ2n) is 3.80. The van der Waals surface area contributed by atoms with Crippen LogP contribution < -0.4 is 10.5 Å². The van der Waals surface area contributed by atoms with Crippen molar-refractivity contribution in [2.45, 2.75) is 13.5 Å². The molecule has 0 fully saturated rings. The first-order valence-corrected chi connectivity index (χ1v) is 5.70. The minimum atomic E-state index is 0.544. The van der Waals surface area contributed by atoms with Crippen LogP contribution >= 0.6 is 11.6 Å². The summed E-state index contributed by atoms with van der Waals surface area (Å²) in [5, 5.41) is 4.82. The molecule has 0 amide bonds. The summed E-state index contributed by atoms with van der Waals surface area (Å²) < 4.78 is 7.34. The zero-order valence-corrected chi connectivity index (χ0v) is 10.3. The number of aromatic nitrogens is 2. The standard InChI is InChI=1S/C12H14ClN3O/c1-9-6-11(2-3-12(9)13)17-5-4-16-8-10(14)7-15-16/h2-3,6-8H,4-5,14H2,1H3. The van der Waals surface area contributed by atoms with Gasteiger partial charge in [0.25, 0.3) is 0 Å². The van der Waals surface area contributed by atoms with Crippen LogP contribution in [0.3, 0.4) is 0 Å². The van der Waals surface area contributed by atoms with E-state index in [0.717, 1.165) is 16.3 Å². The molecule has 4 nitrogen and oxygen atoms in total. The fourth-order valence-corrected chi connectivity index (χ4v) is 1.58. The maximum Gasteiger partial charge on any atom is 0.119 e. The molecule has 0 spiro atoms. The van der Waals surface area contributed by atoms with Gasteiger partial charge in [0.05, 0.1) is 18.4 Å². The van der Waals surface area contributed by atoms with Crippen molar-refractivity contribution in [1.82, 2.24) is 9.78 Å². The Labute approximate surface area is 105 Å². The maximum atomic E-state index is 5.93. The number of hydrogen-bond acceptors (Lipinski definition) is 3. The van der Waals surface area contributed by atoms with Crippen LogP contribution in [0.5, 0.6) is 5.75 Å². The lowest BCUT2D eigenvalue weighted by atomic mass is 10.2. The largest absolute Gasteiger partial charge is 0.492 e. The minimum absolute atomic E-state index is 0.544. The first-order chi connectivity index (χ1) is 8.15. The van der Waals surface area contributed by atoms with Gasteiger partial charge in [0.2, 0.25) is 0 Å². The van der Waals surface area contributed by atoms with E-state index in [1.807, 2.05) is 25.1 Å². The first kappa shape index (κ1) is 11.8. The predicted molar refractivity (Wildman–Crippen MR) is 68.3 cm³/mol. The quantitative estimate of drug-likeness (QED) is 0.908. The van der Waals surface area contributed by atoms with Crippen LogP contribution in [0.25, 0.3) is 0 Å². The number of nitrogens with two attached hydrogens (primary N) is 1. The van der Waals surface area contributed by atoms with E-state index in [1.165, 1.54) is 0 Å². The number of hydrogen-bond donors (Lipinski definition) is 1. The van der Waals surface area contributed by atoms with Crippen molar-refractivity contribution in [3.63, 3.8) is 0 Å². The lowest BCUT2D eigenvalue weighted by Gasteiger charge is -2.07. The van der Waals surface area contributed by atoms with Crippen molar-refractivity contribution in [2.75, 3.05) is 12.3 Å². The van der Waals surface area contributed by atoms with Crippen LogP contribution in [-0.4, -0.2) is 16.4 Å². The van der Waals surface area contributed by atoms with E-state index in [1.54, 1.807) is 17.1 Å². The van der Waals surface area contributed by atoms with E-state index in [4.69, 9.17) is 22.1 Å². The van der Waals surface area contributed by atoms with Crippen molar-refractivity contribution < 1.29 is 4.74 Å². The number of aryl methyl sites for hydroxylation is 1. The van der Waals surface area contributed by atoms with Crippen LogP contribution in [0.1, 0.15) is 5.56 Å². The fraction of sp³-hybridized carbons (Fsp3) is 0.250. The molecule has 0 aliphatic carbocycles. The Bertz CT molecular complexity index is 510. The number of benzene rings is 1. The van der Waals surface area contributed by atoms with E-state index in [9.17, 15) is 0 Å². The highest BCUT2D eigenvalue weighted by Crippen LogP contribution is 2.20. The molecule has 0 unspecified atom stereocenters. The molecule has 0 saturated carbocycles. The topological polar surface area (TPSA) is 53.1 Å². The SMILES string of the molecule is Cc1cc(OCCn2cc(N)cn2)ccc1Cl. The zero-order valence-electron chi connectivity index (χ0n) is 9.56. The number of ether oxygens (including phenoxy) is 1. The molecule has 1 aromatic carbocycles. The number of nitrogen functional groups attached to an aromatic ring is 1. The van der Waals surface area contributed by atoms with E-state index in [2.05, 4.69) is 5.10 Å². The highest BCUT2D eigenvalue weighted by Gasteiger charge is 1.99. The molecule has 2 rings (SSSR count). The van der Waals surface area contributed by atoms with Crippen LogP contribution in [-0.2, 0) is 6.54 Å². The molecule has 0 aliphatic heterocycles. The maximum absolute atomic E-state index is 5.93. The molecular weight excluding hydrogens is 238 g/mol. The van der Waals surface area contributed by atoms with Gasteiger partial charge in [0, 0.05) is 11.2 Å². The Morgan fingerprint density at radius 3 is 2.94 bits per heavy atom. The molecule has 1 aromatic heterocycles. The summed E-state index contributed by atoms with van der Waals surface area (Å²) >= 11 is 5.93. The molecule has 0 radical (unpaired) electrons. The number of rotatable bonds is 4. The van der Waals surface area contributed by atoms with Crippen LogP contribution in [0.4, 0.5) is 5.69 Å². The third-order valence-electron chi connectivity index (χ3n) is 2.37. The monoisotopic (exact) mass is 251 g/mol. The predicted octanol–water partition coefficient (Wildman–Crippen LogP) is 2.51. The molecule has 17 heavy (non-hydrogen) atoms. The Morgan fingerprint density at radius 2 is 2.29 bits per heavy atom. The number of nitrogens with zero attached hydrogens (tertiary/aromatic N) is 2. The smallest absolute Gasteiger partial charge is 0.119 e. The Morgan fingerprint density at radius 1 is 1.47 bits per heavy atom. The van der Waals surface area contributed by atoms with Gasteiger partial charge in [-0.05, 0) is 30.7 Å². The van der Waals surface area contributed by atoms with Crippen molar-refractivity contribution in [3.8, 4) is 5.75 Å². The average Bonchev–Trinajstić information content (AvgIpc) is 2.70.